The van der Waals surface area contributed by atoms with Crippen molar-refractivity contribution in [2.24, 2.45) is 0 Å². The Labute approximate surface area is 140 Å². The lowest BCUT2D eigenvalue weighted by molar-refractivity contribution is 0.0627. The summed E-state index contributed by atoms with van der Waals surface area (Å²) in [6.45, 7) is 5.24. The van der Waals surface area contributed by atoms with Gasteiger partial charge < -0.3 is 14.4 Å². The third kappa shape index (κ3) is 3.42. The Kier molecular flexibility index (Phi) is 4.54. The zero-order valence-corrected chi connectivity index (χ0v) is 13.5. The first-order chi connectivity index (χ1) is 11.6. The minimum atomic E-state index is -0.0882. The molecule has 1 aromatic heterocycles. The van der Waals surface area contributed by atoms with Crippen molar-refractivity contribution in [2.75, 3.05) is 26.2 Å². The van der Waals surface area contributed by atoms with Crippen LogP contribution < -0.4 is 0 Å². The van der Waals surface area contributed by atoms with Gasteiger partial charge in [-0.1, -0.05) is 12.1 Å². The number of carbonyl (C=O) groups excluding carboxylic acids is 1. The lowest BCUT2D eigenvalue weighted by Gasteiger charge is -2.34. The summed E-state index contributed by atoms with van der Waals surface area (Å²) < 4.78 is 5.24. The molecule has 2 aromatic rings. The third-order valence-corrected chi connectivity index (χ3v) is 4.23. The molecule has 0 atom stereocenters. The predicted octanol–water partition coefficient (Wildman–Crippen LogP) is 2.12. The van der Waals surface area contributed by atoms with Crippen LogP contribution in [0.4, 0.5) is 0 Å². The zero-order valence-electron chi connectivity index (χ0n) is 13.5. The highest BCUT2D eigenvalue weighted by Crippen LogP contribution is 2.18. The summed E-state index contributed by atoms with van der Waals surface area (Å²) in [5.74, 6) is 0.830. The van der Waals surface area contributed by atoms with Crippen molar-refractivity contribution in [3.8, 4) is 11.8 Å². The number of hydrogen-bond acceptors (Lipinski definition) is 5. The first-order valence-corrected chi connectivity index (χ1v) is 7.87. The minimum absolute atomic E-state index is 0.0882. The molecule has 6 nitrogen and oxygen atoms in total. The van der Waals surface area contributed by atoms with E-state index in [9.17, 15) is 9.90 Å². The summed E-state index contributed by atoms with van der Waals surface area (Å²) in [6.07, 6.45) is 0. The molecular formula is C18H19N3O3. The fourth-order valence-corrected chi connectivity index (χ4v) is 2.94. The lowest BCUT2D eigenvalue weighted by Crippen LogP contribution is -2.48. The van der Waals surface area contributed by atoms with Crippen molar-refractivity contribution < 1.29 is 14.3 Å². The highest BCUT2D eigenvalue weighted by Gasteiger charge is 2.25. The number of phenolic OH excluding ortho intramolecular Hbond substituents is 1. The summed E-state index contributed by atoms with van der Waals surface area (Å²) >= 11 is 0. The average molecular weight is 325 g/mol. The molecule has 0 saturated carbocycles. The zero-order chi connectivity index (χ0) is 17.1. The van der Waals surface area contributed by atoms with Crippen molar-refractivity contribution in [1.82, 2.24) is 9.80 Å². The Hall–Kier alpha value is -2.78. The Morgan fingerprint density at radius 1 is 1.29 bits per heavy atom. The van der Waals surface area contributed by atoms with Gasteiger partial charge in [0.15, 0.2) is 0 Å². The van der Waals surface area contributed by atoms with E-state index in [1.165, 1.54) is 6.07 Å². The smallest absolute Gasteiger partial charge is 0.257 e. The Morgan fingerprint density at radius 2 is 2.04 bits per heavy atom. The molecule has 0 aliphatic carbocycles. The molecular weight excluding hydrogens is 306 g/mol. The molecule has 1 N–H and O–H groups in total. The highest BCUT2D eigenvalue weighted by molar-refractivity contribution is 5.95. The van der Waals surface area contributed by atoms with Gasteiger partial charge in [0.1, 0.15) is 17.6 Å². The largest absolute Gasteiger partial charge is 0.508 e. The van der Waals surface area contributed by atoms with Gasteiger partial charge in [-0.3, -0.25) is 9.69 Å². The van der Waals surface area contributed by atoms with Gasteiger partial charge in [0.25, 0.3) is 5.91 Å². The SMILES string of the molecule is Cc1oc(C#N)cc1C(=O)N1CCN(Cc2cccc(O)c2)CC1. The second-order valence-electron chi connectivity index (χ2n) is 5.93. The summed E-state index contributed by atoms with van der Waals surface area (Å²) in [4.78, 5) is 16.6. The number of hydrogen-bond donors (Lipinski definition) is 1. The Balaban J connectivity index is 1.59. The van der Waals surface area contributed by atoms with Crippen molar-refractivity contribution in [2.45, 2.75) is 13.5 Å². The first kappa shape index (κ1) is 16.1. The topological polar surface area (TPSA) is 80.7 Å². The highest BCUT2D eigenvalue weighted by atomic mass is 16.3. The molecule has 1 aliphatic rings. The van der Waals surface area contributed by atoms with E-state index in [1.54, 1.807) is 24.0 Å². The maximum Gasteiger partial charge on any atom is 0.257 e. The number of amides is 1. The van der Waals surface area contributed by atoms with Crippen LogP contribution in [0.1, 0.15) is 27.4 Å². The molecule has 0 bridgehead atoms. The predicted molar refractivity (Wildman–Crippen MR) is 87.4 cm³/mol. The molecule has 0 unspecified atom stereocenters. The maximum absolute atomic E-state index is 12.6. The summed E-state index contributed by atoms with van der Waals surface area (Å²) in [5, 5.41) is 18.4. The molecule has 1 aliphatic heterocycles. The first-order valence-electron chi connectivity index (χ1n) is 7.87. The molecule has 3 rings (SSSR count). The molecule has 1 amide bonds. The number of phenols is 1. The van der Waals surface area contributed by atoms with Crippen molar-refractivity contribution in [3.05, 3.63) is 53.0 Å². The number of nitriles is 1. The molecule has 24 heavy (non-hydrogen) atoms. The number of carbonyl (C=O) groups is 1. The average Bonchev–Trinajstić information content (AvgIpc) is 2.96. The van der Waals surface area contributed by atoms with Crippen molar-refractivity contribution >= 4 is 5.91 Å². The van der Waals surface area contributed by atoms with E-state index in [0.717, 1.165) is 25.2 Å². The van der Waals surface area contributed by atoms with E-state index in [4.69, 9.17) is 9.68 Å². The minimum Gasteiger partial charge on any atom is -0.508 e. The molecule has 124 valence electrons. The van der Waals surface area contributed by atoms with Crippen LogP contribution in [0.3, 0.4) is 0 Å². The van der Waals surface area contributed by atoms with Crippen LogP contribution in [0.25, 0.3) is 0 Å². The van der Waals surface area contributed by atoms with E-state index < -0.39 is 0 Å². The Bertz CT molecular complexity index is 783. The van der Waals surface area contributed by atoms with E-state index in [-0.39, 0.29) is 17.4 Å². The fraction of sp³-hybridized carbons (Fsp3) is 0.333. The number of nitrogens with zero attached hydrogens (tertiary/aromatic N) is 3. The molecule has 6 heteroatoms. The van der Waals surface area contributed by atoms with Gasteiger partial charge in [0.2, 0.25) is 5.76 Å². The second-order valence-corrected chi connectivity index (χ2v) is 5.93. The normalized spacial score (nSPS) is 15.2. The maximum atomic E-state index is 12.6. The van der Waals surface area contributed by atoms with Crippen LogP contribution in [0.15, 0.2) is 34.7 Å². The quantitative estimate of drug-likeness (QED) is 0.935. The third-order valence-electron chi connectivity index (χ3n) is 4.23. The van der Waals surface area contributed by atoms with Crippen LogP contribution in [0.2, 0.25) is 0 Å². The van der Waals surface area contributed by atoms with Crippen LogP contribution in [0, 0.1) is 18.3 Å². The van der Waals surface area contributed by atoms with Gasteiger partial charge in [0.05, 0.1) is 5.56 Å². The van der Waals surface area contributed by atoms with Crippen LogP contribution in [-0.2, 0) is 6.54 Å². The standard InChI is InChI=1S/C18H19N3O3/c1-13-17(10-16(11-19)24-13)18(23)21-7-5-20(6-8-21)12-14-3-2-4-15(22)9-14/h2-4,9-10,22H,5-8,12H2,1H3. The van der Waals surface area contributed by atoms with Gasteiger partial charge in [0, 0.05) is 38.8 Å². The van der Waals surface area contributed by atoms with E-state index in [2.05, 4.69) is 4.90 Å². The number of furan rings is 1. The van der Waals surface area contributed by atoms with E-state index >= 15 is 0 Å². The molecule has 1 saturated heterocycles. The number of piperazine rings is 1. The van der Waals surface area contributed by atoms with Gasteiger partial charge in [-0.05, 0) is 24.6 Å². The van der Waals surface area contributed by atoms with Gasteiger partial charge in [-0.15, -0.1) is 0 Å². The fourth-order valence-electron chi connectivity index (χ4n) is 2.94. The number of rotatable bonds is 3. The van der Waals surface area contributed by atoms with E-state index in [1.807, 2.05) is 18.2 Å². The van der Waals surface area contributed by atoms with Crippen molar-refractivity contribution in [1.29, 1.82) is 5.26 Å². The second kappa shape index (κ2) is 6.77. The molecule has 0 radical (unpaired) electrons. The van der Waals surface area contributed by atoms with Crippen LogP contribution >= 0.6 is 0 Å². The molecule has 0 spiro atoms. The summed E-state index contributed by atoms with van der Waals surface area (Å²) in [7, 11) is 0. The Morgan fingerprint density at radius 3 is 2.67 bits per heavy atom. The van der Waals surface area contributed by atoms with Crippen LogP contribution in [-0.4, -0.2) is 47.0 Å². The molecule has 2 heterocycles. The number of aromatic hydroxyl groups is 1. The number of benzene rings is 1. The summed E-state index contributed by atoms with van der Waals surface area (Å²) in [5.41, 5.74) is 1.52. The van der Waals surface area contributed by atoms with E-state index in [0.29, 0.717) is 24.4 Å². The van der Waals surface area contributed by atoms with Crippen LogP contribution in [0.5, 0.6) is 5.75 Å². The molecule has 1 fully saturated rings. The van der Waals surface area contributed by atoms with Gasteiger partial charge >= 0.3 is 0 Å². The molecule has 1 aromatic carbocycles. The lowest BCUT2D eigenvalue weighted by atomic mass is 10.1. The van der Waals surface area contributed by atoms with Gasteiger partial charge in [-0.25, -0.2) is 0 Å². The van der Waals surface area contributed by atoms with Gasteiger partial charge in [-0.2, -0.15) is 5.26 Å². The number of aryl methyl sites for hydroxylation is 1. The monoisotopic (exact) mass is 325 g/mol. The van der Waals surface area contributed by atoms with Crippen molar-refractivity contribution in [3.63, 3.8) is 0 Å². The summed E-state index contributed by atoms with van der Waals surface area (Å²) in [6, 6.07) is 10.7.